The molecule has 1 atom stereocenters. The third-order valence-electron chi connectivity index (χ3n) is 4.00. The van der Waals surface area contributed by atoms with E-state index in [-0.39, 0.29) is 11.7 Å². The van der Waals surface area contributed by atoms with E-state index in [2.05, 4.69) is 5.10 Å². The zero-order valence-electron chi connectivity index (χ0n) is 14.9. The van der Waals surface area contributed by atoms with E-state index < -0.39 is 16.3 Å². The van der Waals surface area contributed by atoms with E-state index in [4.69, 9.17) is 9.47 Å². The largest absolute Gasteiger partial charge is 0.465 e. The van der Waals surface area contributed by atoms with Crippen LogP contribution >= 0.6 is 23.5 Å². The fourth-order valence-electron chi connectivity index (χ4n) is 2.61. The second-order valence-electron chi connectivity index (χ2n) is 5.49. The average molecular weight is 393 g/mol. The summed E-state index contributed by atoms with van der Waals surface area (Å²) < 4.78 is 9.19. The summed E-state index contributed by atoms with van der Waals surface area (Å²) >= 11 is 2.57. The van der Waals surface area contributed by atoms with Crippen LogP contribution < -0.4 is 5.01 Å². The van der Waals surface area contributed by atoms with E-state index in [1.165, 1.54) is 30.6 Å². The van der Waals surface area contributed by atoms with Crippen LogP contribution in [0.5, 0.6) is 0 Å². The van der Waals surface area contributed by atoms with Gasteiger partial charge in [0, 0.05) is 12.7 Å². The topological polar surface area (TPSA) is 71.4 Å². The summed E-state index contributed by atoms with van der Waals surface area (Å²) in [6, 6.07) is 9.50. The van der Waals surface area contributed by atoms with Crippen molar-refractivity contribution < 1.29 is 19.1 Å². The molecular weight excluding hydrogens is 374 g/mol. The van der Waals surface area contributed by atoms with Crippen LogP contribution in [0.2, 0.25) is 0 Å². The number of esters is 2. The molecule has 7 nitrogen and oxygen atoms in total. The molecule has 138 valence electrons. The van der Waals surface area contributed by atoms with Crippen molar-refractivity contribution in [2.45, 2.75) is 18.2 Å². The van der Waals surface area contributed by atoms with E-state index in [0.717, 1.165) is 11.4 Å². The molecule has 0 aromatic heterocycles. The van der Waals surface area contributed by atoms with Crippen LogP contribution in [-0.2, 0) is 19.1 Å². The Bertz CT molecular complexity index is 796. The lowest BCUT2D eigenvalue weighted by molar-refractivity contribution is -0.135. The van der Waals surface area contributed by atoms with Crippen LogP contribution in [0.15, 0.2) is 46.0 Å². The number of thioether (sulfide) groups is 2. The molecular formula is C17H19N3O4S2. The number of anilines is 1. The number of para-hydroxylation sites is 1. The Balaban J connectivity index is 2.03. The summed E-state index contributed by atoms with van der Waals surface area (Å²) in [5.74, 6) is -0.886. The van der Waals surface area contributed by atoms with E-state index in [1.807, 2.05) is 49.2 Å². The number of hydrazone groups is 1. The molecule has 26 heavy (non-hydrogen) atoms. The van der Waals surface area contributed by atoms with Crippen LogP contribution in [0.4, 0.5) is 5.69 Å². The monoisotopic (exact) mass is 393 g/mol. The van der Waals surface area contributed by atoms with Crippen molar-refractivity contribution in [1.82, 2.24) is 4.90 Å². The van der Waals surface area contributed by atoms with Gasteiger partial charge < -0.3 is 14.4 Å². The number of carbonyl (C=O) groups excluding carboxylic acids is 2. The molecule has 0 saturated carbocycles. The molecule has 0 unspecified atom stereocenters. The number of hydrogen-bond acceptors (Lipinski definition) is 9. The maximum absolute atomic E-state index is 12.3. The quantitative estimate of drug-likeness (QED) is 0.723. The Kier molecular flexibility index (Phi) is 5.19. The highest BCUT2D eigenvalue weighted by Gasteiger charge is 2.56. The fourth-order valence-corrected chi connectivity index (χ4v) is 5.51. The number of allylic oxidation sites excluding steroid dienone is 1. The van der Waals surface area contributed by atoms with Gasteiger partial charge in [-0.05, 0) is 37.7 Å². The predicted molar refractivity (Wildman–Crippen MR) is 103 cm³/mol. The highest BCUT2D eigenvalue weighted by atomic mass is 32.2. The molecule has 2 aliphatic rings. The molecule has 0 radical (unpaired) electrons. The van der Waals surface area contributed by atoms with Gasteiger partial charge in [-0.2, -0.15) is 5.10 Å². The molecule has 0 amide bonds. The van der Waals surface area contributed by atoms with Crippen molar-refractivity contribution in [3.63, 3.8) is 0 Å². The van der Waals surface area contributed by atoms with E-state index in [1.54, 1.807) is 11.9 Å². The molecule has 0 fully saturated rings. The Morgan fingerprint density at radius 2 is 1.88 bits per heavy atom. The van der Waals surface area contributed by atoms with Crippen molar-refractivity contribution in [2.24, 2.45) is 5.10 Å². The Hall–Kier alpha value is -2.13. The van der Waals surface area contributed by atoms with E-state index in [9.17, 15) is 9.59 Å². The first-order valence-electron chi connectivity index (χ1n) is 7.96. The first-order chi connectivity index (χ1) is 12.4. The zero-order valence-corrected chi connectivity index (χ0v) is 16.5. The first-order valence-corrected chi connectivity index (χ1v) is 9.60. The third kappa shape index (κ3) is 2.95. The molecule has 1 spiro atoms. The lowest BCUT2D eigenvalue weighted by Gasteiger charge is -2.39. The normalized spacial score (nSPS) is 22.1. The minimum Gasteiger partial charge on any atom is -0.465 e. The van der Waals surface area contributed by atoms with Crippen LogP contribution in [0.25, 0.3) is 0 Å². The number of hydrogen-bond donors (Lipinski definition) is 0. The Morgan fingerprint density at radius 1 is 1.19 bits per heavy atom. The smallest absolute Gasteiger partial charge is 0.365 e. The van der Waals surface area contributed by atoms with Crippen molar-refractivity contribution in [1.29, 1.82) is 0 Å². The minimum absolute atomic E-state index is 0.244. The molecule has 1 aromatic rings. The van der Waals surface area contributed by atoms with Gasteiger partial charge in [-0.1, -0.05) is 30.0 Å². The van der Waals surface area contributed by atoms with Crippen LogP contribution in [0.1, 0.15) is 13.8 Å². The lowest BCUT2D eigenvalue weighted by Crippen LogP contribution is -2.47. The van der Waals surface area contributed by atoms with Gasteiger partial charge in [0.1, 0.15) is 4.91 Å². The number of nitrogens with zero attached hydrogens (tertiary/aromatic N) is 3. The first kappa shape index (κ1) is 18.7. The summed E-state index contributed by atoms with van der Waals surface area (Å²) in [5.41, 5.74) is 1.56. The average Bonchev–Trinajstić information content (AvgIpc) is 3.16. The van der Waals surface area contributed by atoms with Gasteiger partial charge in [-0.15, -0.1) is 0 Å². The molecule has 1 aromatic carbocycles. The van der Waals surface area contributed by atoms with Gasteiger partial charge in [0.15, 0.2) is 0 Å². The van der Waals surface area contributed by atoms with Crippen LogP contribution in [-0.4, -0.2) is 47.0 Å². The second-order valence-corrected chi connectivity index (χ2v) is 8.09. The molecule has 2 heterocycles. The Labute approximate surface area is 160 Å². The zero-order chi connectivity index (χ0) is 18.9. The number of ether oxygens (including phenoxy) is 2. The third-order valence-corrected chi connectivity index (χ3v) is 7.03. The summed E-state index contributed by atoms with van der Waals surface area (Å²) in [5, 5.41) is 6.50. The van der Waals surface area contributed by atoms with Gasteiger partial charge in [0.05, 0.1) is 19.4 Å². The molecule has 0 bridgehead atoms. The maximum atomic E-state index is 12.3. The standard InChI is InChI=1S/C17H19N3O4S2/c1-5-24-16(22)14-18-20(12-9-7-6-8-10-12)17(26-14)19(3)11(2)13(25-17)15(21)23-4/h6-10H,5H2,1-4H3/t17-/m0/s1. The van der Waals surface area contributed by atoms with Gasteiger partial charge in [0.2, 0.25) is 9.37 Å². The van der Waals surface area contributed by atoms with Crippen LogP contribution in [0.3, 0.4) is 0 Å². The molecule has 0 N–H and O–H groups in total. The summed E-state index contributed by atoms with van der Waals surface area (Å²) in [6.45, 7) is 3.87. The SMILES string of the molecule is CCOC(=O)C1=NN(c2ccccc2)[C@]2(S1)SC(C(=O)OC)=C(C)N2C. The maximum Gasteiger partial charge on any atom is 0.365 e. The van der Waals surface area contributed by atoms with Crippen molar-refractivity contribution in [2.75, 3.05) is 25.8 Å². The highest BCUT2D eigenvalue weighted by Crippen LogP contribution is 2.58. The van der Waals surface area contributed by atoms with Crippen molar-refractivity contribution in [3.8, 4) is 0 Å². The van der Waals surface area contributed by atoms with Gasteiger partial charge in [0.25, 0.3) is 0 Å². The fraction of sp³-hybridized carbons (Fsp3) is 0.353. The molecule has 0 saturated heterocycles. The molecule has 2 aliphatic heterocycles. The molecule has 3 rings (SSSR count). The van der Waals surface area contributed by atoms with Gasteiger partial charge in [-0.25, -0.2) is 14.6 Å². The van der Waals surface area contributed by atoms with Crippen molar-refractivity contribution >= 4 is 46.2 Å². The summed E-state index contributed by atoms with van der Waals surface area (Å²) in [7, 11) is 3.22. The number of benzene rings is 1. The number of rotatable bonds is 4. The van der Waals surface area contributed by atoms with Crippen LogP contribution in [0, 0.1) is 0 Å². The number of carbonyl (C=O) groups is 2. The van der Waals surface area contributed by atoms with Gasteiger partial charge in [-0.3, -0.25) is 0 Å². The molecule has 0 aliphatic carbocycles. The predicted octanol–water partition coefficient (Wildman–Crippen LogP) is 2.81. The summed E-state index contributed by atoms with van der Waals surface area (Å²) in [6.07, 6.45) is 0. The van der Waals surface area contributed by atoms with E-state index >= 15 is 0 Å². The second kappa shape index (κ2) is 7.24. The van der Waals surface area contributed by atoms with Gasteiger partial charge >= 0.3 is 11.9 Å². The Morgan fingerprint density at radius 3 is 2.50 bits per heavy atom. The van der Waals surface area contributed by atoms with E-state index in [0.29, 0.717) is 4.91 Å². The molecule has 9 heteroatoms. The highest BCUT2D eigenvalue weighted by molar-refractivity contribution is 8.28. The number of methoxy groups -OCH3 is 1. The lowest BCUT2D eigenvalue weighted by atomic mass is 10.3. The summed E-state index contributed by atoms with van der Waals surface area (Å²) in [4.78, 5) is 26.9. The van der Waals surface area contributed by atoms with Crippen molar-refractivity contribution in [3.05, 3.63) is 40.9 Å². The minimum atomic E-state index is -0.836.